The van der Waals surface area contributed by atoms with E-state index in [0.717, 1.165) is 25.3 Å². The van der Waals surface area contributed by atoms with Gasteiger partial charge in [0.1, 0.15) is 0 Å². The molecule has 2 nitrogen and oxygen atoms in total. The molecule has 1 heterocycles. The molecule has 2 rings (SSSR count). The van der Waals surface area contributed by atoms with E-state index in [-0.39, 0.29) is 6.10 Å². The zero-order chi connectivity index (χ0) is 10.8. The number of hydrogen-bond acceptors (Lipinski definition) is 2. The standard InChI is InChI=1S/C11H13Cl2NO/c1-14-2-3-15-11(7-14)8-4-9(12)6-10(13)5-8/h4-6,11H,2-3,7H2,1H3/t11-/m0/s1. The highest BCUT2D eigenvalue weighted by atomic mass is 35.5. The maximum Gasteiger partial charge on any atom is 0.0953 e. The van der Waals surface area contributed by atoms with Gasteiger partial charge in [-0.05, 0) is 30.8 Å². The Morgan fingerprint density at radius 3 is 2.53 bits per heavy atom. The van der Waals surface area contributed by atoms with Crippen LogP contribution < -0.4 is 0 Å². The van der Waals surface area contributed by atoms with Crippen LogP contribution in [0.15, 0.2) is 18.2 Å². The molecule has 82 valence electrons. The lowest BCUT2D eigenvalue weighted by molar-refractivity contribution is -0.0208. The summed E-state index contributed by atoms with van der Waals surface area (Å²) in [5.74, 6) is 0. The molecule has 1 fully saturated rings. The Kier molecular flexibility index (Phi) is 3.52. The fourth-order valence-electron chi connectivity index (χ4n) is 1.74. The molecule has 0 unspecified atom stereocenters. The van der Waals surface area contributed by atoms with Gasteiger partial charge in [-0.2, -0.15) is 0 Å². The van der Waals surface area contributed by atoms with Crippen molar-refractivity contribution in [1.29, 1.82) is 0 Å². The van der Waals surface area contributed by atoms with Gasteiger partial charge in [-0.15, -0.1) is 0 Å². The van der Waals surface area contributed by atoms with Gasteiger partial charge in [-0.3, -0.25) is 0 Å². The summed E-state index contributed by atoms with van der Waals surface area (Å²) in [6.07, 6.45) is 0.0833. The summed E-state index contributed by atoms with van der Waals surface area (Å²) in [4.78, 5) is 2.24. The second-order valence-corrected chi connectivity index (χ2v) is 4.70. The molecule has 1 saturated heterocycles. The molecule has 0 radical (unpaired) electrons. The van der Waals surface area contributed by atoms with Crippen LogP contribution in [0.2, 0.25) is 10.0 Å². The van der Waals surface area contributed by atoms with Crippen LogP contribution in [-0.4, -0.2) is 31.6 Å². The van der Waals surface area contributed by atoms with E-state index in [4.69, 9.17) is 27.9 Å². The van der Waals surface area contributed by atoms with E-state index in [2.05, 4.69) is 11.9 Å². The molecule has 0 N–H and O–H groups in total. The Bertz CT molecular complexity index is 336. The van der Waals surface area contributed by atoms with Crippen molar-refractivity contribution in [2.75, 3.05) is 26.7 Å². The molecule has 1 aromatic rings. The van der Waals surface area contributed by atoms with Gasteiger partial charge in [0, 0.05) is 23.1 Å². The zero-order valence-electron chi connectivity index (χ0n) is 8.54. The molecule has 0 amide bonds. The summed E-state index contributed by atoms with van der Waals surface area (Å²) in [6, 6.07) is 5.56. The summed E-state index contributed by atoms with van der Waals surface area (Å²) in [5.41, 5.74) is 1.05. The number of hydrogen-bond donors (Lipinski definition) is 0. The largest absolute Gasteiger partial charge is 0.371 e. The monoisotopic (exact) mass is 245 g/mol. The molecule has 0 saturated carbocycles. The van der Waals surface area contributed by atoms with E-state index >= 15 is 0 Å². The van der Waals surface area contributed by atoms with Gasteiger partial charge in [-0.25, -0.2) is 0 Å². The number of halogens is 2. The van der Waals surface area contributed by atoms with E-state index < -0.39 is 0 Å². The summed E-state index contributed by atoms with van der Waals surface area (Å²) < 4.78 is 5.69. The van der Waals surface area contributed by atoms with E-state index in [9.17, 15) is 0 Å². The zero-order valence-corrected chi connectivity index (χ0v) is 10.1. The fraction of sp³-hybridized carbons (Fsp3) is 0.455. The van der Waals surface area contributed by atoms with Gasteiger partial charge in [0.05, 0.1) is 12.7 Å². The van der Waals surface area contributed by atoms with Crippen LogP contribution in [0, 0.1) is 0 Å². The van der Waals surface area contributed by atoms with Crippen molar-refractivity contribution in [3.63, 3.8) is 0 Å². The number of ether oxygens (including phenoxy) is 1. The minimum absolute atomic E-state index is 0.0833. The van der Waals surface area contributed by atoms with Crippen molar-refractivity contribution in [3.05, 3.63) is 33.8 Å². The maximum atomic E-state index is 5.95. The number of nitrogens with zero attached hydrogens (tertiary/aromatic N) is 1. The Labute approximate surface area is 99.7 Å². The Morgan fingerprint density at radius 2 is 1.93 bits per heavy atom. The first kappa shape index (κ1) is 11.2. The van der Waals surface area contributed by atoms with Gasteiger partial charge in [-0.1, -0.05) is 23.2 Å². The quantitative estimate of drug-likeness (QED) is 0.755. The minimum atomic E-state index is 0.0833. The van der Waals surface area contributed by atoms with E-state index in [1.807, 2.05) is 12.1 Å². The van der Waals surface area contributed by atoms with Crippen molar-refractivity contribution in [1.82, 2.24) is 4.90 Å². The summed E-state index contributed by atoms with van der Waals surface area (Å²) >= 11 is 11.9. The van der Waals surface area contributed by atoms with Crippen LogP contribution in [-0.2, 0) is 4.74 Å². The Balaban J connectivity index is 2.20. The molecule has 0 bridgehead atoms. The highest BCUT2D eigenvalue weighted by Crippen LogP contribution is 2.27. The molecule has 1 aliphatic heterocycles. The van der Waals surface area contributed by atoms with Crippen molar-refractivity contribution in [2.45, 2.75) is 6.10 Å². The van der Waals surface area contributed by atoms with Crippen LogP contribution in [0.4, 0.5) is 0 Å². The minimum Gasteiger partial charge on any atom is -0.371 e. The van der Waals surface area contributed by atoms with Crippen LogP contribution in [0.25, 0.3) is 0 Å². The average Bonchev–Trinajstić information content (AvgIpc) is 2.16. The molecule has 1 atom stereocenters. The van der Waals surface area contributed by atoms with Crippen molar-refractivity contribution >= 4 is 23.2 Å². The summed E-state index contributed by atoms with van der Waals surface area (Å²) in [7, 11) is 2.08. The van der Waals surface area contributed by atoms with Gasteiger partial charge in [0.2, 0.25) is 0 Å². The third-order valence-corrected chi connectivity index (χ3v) is 2.96. The van der Waals surface area contributed by atoms with Gasteiger partial charge in [0.15, 0.2) is 0 Å². The second-order valence-electron chi connectivity index (χ2n) is 3.82. The fourth-order valence-corrected chi connectivity index (χ4v) is 2.28. The van der Waals surface area contributed by atoms with Gasteiger partial charge < -0.3 is 9.64 Å². The number of likely N-dealkylation sites (N-methyl/N-ethyl adjacent to an activating group) is 1. The first-order chi connectivity index (χ1) is 7.15. The lowest BCUT2D eigenvalue weighted by Crippen LogP contribution is -2.35. The SMILES string of the molecule is CN1CCO[C@H](c2cc(Cl)cc(Cl)c2)C1. The lowest BCUT2D eigenvalue weighted by atomic mass is 10.1. The molecule has 0 aromatic heterocycles. The number of benzene rings is 1. The van der Waals surface area contributed by atoms with Crippen LogP contribution in [0.3, 0.4) is 0 Å². The first-order valence-corrected chi connectivity index (χ1v) is 5.67. The van der Waals surface area contributed by atoms with Gasteiger partial charge in [0.25, 0.3) is 0 Å². The normalized spacial score (nSPS) is 23.0. The van der Waals surface area contributed by atoms with E-state index in [1.165, 1.54) is 0 Å². The van der Waals surface area contributed by atoms with Crippen LogP contribution >= 0.6 is 23.2 Å². The molecule has 15 heavy (non-hydrogen) atoms. The summed E-state index contributed by atoms with van der Waals surface area (Å²) in [6.45, 7) is 2.62. The second kappa shape index (κ2) is 4.71. The molecular weight excluding hydrogens is 233 g/mol. The molecule has 0 aliphatic carbocycles. The van der Waals surface area contributed by atoms with Crippen molar-refractivity contribution in [2.24, 2.45) is 0 Å². The molecule has 1 aliphatic rings. The van der Waals surface area contributed by atoms with Gasteiger partial charge >= 0.3 is 0 Å². The maximum absolute atomic E-state index is 5.95. The van der Waals surface area contributed by atoms with Crippen LogP contribution in [0.5, 0.6) is 0 Å². The third-order valence-electron chi connectivity index (χ3n) is 2.53. The molecule has 1 aromatic carbocycles. The van der Waals surface area contributed by atoms with Crippen molar-refractivity contribution < 1.29 is 4.74 Å². The lowest BCUT2D eigenvalue weighted by Gasteiger charge is -2.30. The summed E-state index contributed by atoms with van der Waals surface area (Å²) in [5, 5.41) is 1.32. The van der Waals surface area contributed by atoms with Crippen molar-refractivity contribution in [3.8, 4) is 0 Å². The Hall–Kier alpha value is -0.280. The molecule has 4 heteroatoms. The highest BCUT2D eigenvalue weighted by molar-refractivity contribution is 6.34. The highest BCUT2D eigenvalue weighted by Gasteiger charge is 2.19. The topological polar surface area (TPSA) is 12.5 Å². The predicted octanol–water partition coefficient (Wildman–Crippen LogP) is 3.00. The van der Waals surface area contributed by atoms with E-state index in [1.54, 1.807) is 6.07 Å². The first-order valence-electron chi connectivity index (χ1n) is 4.91. The molecular formula is C11H13Cl2NO. The number of rotatable bonds is 1. The molecule has 0 spiro atoms. The third kappa shape index (κ3) is 2.85. The average molecular weight is 246 g/mol. The number of morpholine rings is 1. The van der Waals surface area contributed by atoms with Crippen LogP contribution in [0.1, 0.15) is 11.7 Å². The van der Waals surface area contributed by atoms with E-state index in [0.29, 0.717) is 10.0 Å². The Morgan fingerprint density at radius 1 is 1.27 bits per heavy atom. The predicted molar refractivity (Wildman–Crippen MR) is 62.7 cm³/mol. The smallest absolute Gasteiger partial charge is 0.0953 e.